The van der Waals surface area contributed by atoms with Crippen LogP contribution in [0, 0.1) is 0 Å². The third-order valence-corrected chi connectivity index (χ3v) is 4.08. The number of ketones is 1. The first-order chi connectivity index (χ1) is 7.33. The molecule has 88 valence electrons. The van der Waals surface area contributed by atoms with Gasteiger partial charge < -0.3 is 0 Å². The Bertz CT molecular complexity index is 469. The van der Waals surface area contributed by atoms with Gasteiger partial charge >= 0.3 is 0 Å². The van der Waals surface area contributed by atoms with Crippen molar-refractivity contribution in [1.82, 2.24) is 0 Å². The van der Waals surface area contributed by atoms with Gasteiger partial charge in [-0.25, -0.2) is 8.42 Å². The molecule has 4 heteroatoms. The summed E-state index contributed by atoms with van der Waals surface area (Å²) >= 11 is 0. The van der Waals surface area contributed by atoms with Crippen LogP contribution in [0.15, 0.2) is 29.2 Å². The topological polar surface area (TPSA) is 51.2 Å². The zero-order chi connectivity index (χ0) is 12.3. The Morgan fingerprint density at radius 3 is 2.06 bits per heavy atom. The van der Waals surface area contributed by atoms with Crippen LogP contribution in [0.4, 0.5) is 0 Å². The first-order valence-electron chi connectivity index (χ1n) is 5.15. The van der Waals surface area contributed by atoms with Gasteiger partial charge in [0, 0.05) is 0 Å². The van der Waals surface area contributed by atoms with Gasteiger partial charge in [0.25, 0.3) is 0 Å². The molecule has 0 aliphatic heterocycles. The maximum atomic E-state index is 11.7. The lowest BCUT2D eigenvalue weighted by atomic mass is 10.0. The third-order valence-electron chi connectivity index (χ3n) is 2.30. The summed E-state index contributed by atoms with van der Waals surface area (Å²) in [6.07, 6.45) is 0. The van der Waals surface area contributed by atoms with Gasteiger partial charge in [-0.2, -0.15) is 0 Å². The Balaban J connectivity index is 3.02. The minimum atomic E-state index is -3.45. The maximum absolute atomic E-state index is 11.7. The van der Waals surface area contributed by atoms with E-state index in [1.807, 2.05) is 13.8 Å². The van der Waals surface area contributed by atoms with Gasteiger partial charge in [-0.05, 0) is 30.5 Å². The van der Waals surface area contributed by atoms with Crippen molar-refractivity contribution in [3.63, 3.8) is 0 Å². The molecule has 0 aliphatic carbocycles. The molecule has 0 amide bonds. The standard InChI is InChI=1S/C12H16O3S/c1-9(2)11-4-6-12(7-5-11)16(14,15)8-10(3)13/h4-7,9H,8H2,1-3H3. The molecule has 0 heterocycles. The summed E-state index contributed by atoms with van der Waals surface area (Å²) in [5, 5.41) is 0. The van der Waals surface area contributed by atoms with Crippen molar-refractivity contribution < 1.29 is 13.2 Å². The Labute approximate surface area is 96.4 Å². The number of benzene rings is 1. The molecule has 1 aromatic rings. The molecule has 0 aliphatic rings. The molecule has 0 aromatic heterocycles. The first kappa shape index (κ1) is 12.9. The summed E-state index contributed by atoms with van der Waals surface area (Å²) in [6.45, 7) is 5.36. The number of hydrogen-bond acceptors (Lipinski definition) is 3. The molecule has 0 fully saturated rings. The second kappa shape index (κ2) is 4.78. The number of hydrogen-bond donors (Lipinski definition) is 0. The fourth-order valence-corrected chi connectivity index (χ4v) is 2.66. The number of Topliss-reactive ketones (excluding diaryl/α,β-unsaturated/α-hetero) is 1. The molecular weight excluding hydrogens is 224 g/mol. The summed E-state index contributed by atoms with van der Waals surface area (Å²) in [6, 6.07) is 6.70. The highest BCUT2D eigenvalue weighted by atomic mass is 32.2. The molecule has 0 bridgehead atoms. The van der Waals surface area contributed by atoms with Crippen LogP contribution in [0.25, 0.3) is 0 Å². The van der Waals surface area contributed by atoms with Crippen molar-refractivity contribution in [3.05, 3.63) is 29.8 Å². The summed E-state index contributed by atoms with van der Waals surface area (Å²) in [4.78, 5) is 11.0. The van der Waals surface area contributed by atoms with Gasteiger partial charge in [0.1, 0.15) is 11.5 Å². The smallest absolute Gasteiger partial charge is 0.185 e. The molecule has 16 heavy (non-hydrogen) atoms. The van der Waals surface area contributed by atoms with E-state index in [0.717, 1.165) is 5.56 Å². The zero-order valence-corrected chi connectivity index (χ0v) is 10.5. The number of sulfone groups is 1. The van der Waals surface area contributed by atoms with Crippen molar-refractivity contribution >= 4 is 15.6 Å². The minimum absolute atomic E-state index is 0.215. The molecule has 0 saturated heterocycles. The van der Waals surface area contributed by atoms with E-state index in [4.69, 9.17) is 0 Å². The maximum Gasteiger partial charge on any atom is 0.185 e. The first-order valence-corrected chi connectivity index (χ1v) is 6.80. The normalized spacial score (nSPS) is 11.8. The minimum Gasteiger partial charge on any atom is -0.299 e. The van der Waals surface area contributed by atoms with Gasteiger partial charge in [0.15, 0.2) is 9.84 Å². The van der Waals surface area contributed by atoms with Crippen molar-refractivity contribution in [2.24, 2.45) is 0 Å². The van der Waals surface area contributed by atoms with Crippen LogP contribution in [-0.2, 0) is 14.6 Å². The zero-order valence-electron chi connectivity index (χ0n) is 9.73. The average molecular weight is 240 g/mol. The largest absolute Gasteiger partial charge is 0.299 e. The second-order valence-electron chi connectivity index (χ2n) is 4.18. The van der Waals surface area contributed by atoms with Gasteiger partial charge in [-0.3, -0.25) is 4.79 Å². The average Bonchev–Trinajstić information content (AvgIpc) is 2.16. The summed E-state index contributed by atoms with van der Waals surface area (Å²) in [5.74, 6) is -0.397. The highest BCUT2D eigenvalue weighted by Gasteiger charge is 2.16. The van der Waals surface area contributed by atoms with Gasteiger partial charge in [0.05, 0.1) is 4.90 Å². The third kappa shape index (κ3) is 3.17. The molecule has 0 atom stereocenters. The molecule has 1 aromatic carbocycles. The van der Waals surface area contributed by atoms with Crippen LogP contribution in [0.1, 0.15) is 32.3 Å². The molecule has 0 N–H and O–H groups in total. The van der Waals surface area contributed by atoms with Gasteiger partial charge in [-0.15, -0.1) is 0 Å². The fourth-order valence-electron chi connectivity index (χ4n) is 1.41. The van der Waals surface area contributed by atoms with E-state index < -0.39 is 15.6 Å². The molecule has 0 unspecified atom stereocenters. The fraction of sp³-hybridized carbons (Fsp3) is 0.417. The number of carbonyl (C=O) groups excluding carboxylic acids is 1. The number of carbonyl (C=O) groups is 1. The van der Waals surface area contributed by atoms with Gasteiger partial charge in [0.2, 0.25) is 0 Å². The van der Waals surface area contributed by atoms with Crippen LogP contribution in [0.3, 0.4) is 0 Å². The van der Waals surface area contributed by atoms with E-state index in [2.05, 4.69) is 0 Å². The molecule has 0 saturated carbocycles. The summed E-state index contributed by atoms with van der Waals surface area (Å²) < 4.78 is 23.4. The van der Waals surface area contributed by atoms with Crippen LogP contribution < -0.4 is 0 Å². The van der Waals surface area contributed by atoms with Crippen LogP contribution in [-0.4, -0.2) is 20.0 Å². The van der Waals surface area contributed by atoms with E-state index in [1.54, 1.807) is 24.3 Å². The quantitative estimate of drug-likeness (QED) is 0.810. The van der Waals surface area contributed by atoms with Crippen molar-refractivity contribution in [2.75, 3.05) is 5.75 Å². The van der Waals surface area contributed by atoms with Crippen LogP contribution >= 0.6 is 0 Å². The van der Waals surface area contributed by atoms with Crippen molar-refractivity contribution in [3.8, 4) is 0 Å². The lowest BCUT2D eigenvalue weighted by Gasteiger charge is -2.06. The lowest BCUT2D eigenvalue weighted by Crippen LogP contribution is -2.13. The molecule has 0 radical (unpaired) electrons. The summed E-state index contributed by atoms with van der Waals surface area (Å²) in [5.41, 5.74) is 1.08. The van der Waals surface area contributed by atoms with Crippen LogP contribution in [0.5, 0.6) is 0 Å². The Morgan fingerprint density at radius 2 is 1.69 bits per heavy atom. The Hall–Kier alpha value is -1.16. The van der Waals surface area contributed by atoms with E-state index in [-0.39, 0.29) is 10.7 Å². The van der Waals surface area contributed by atoms with E-state index >= 15 is 0 Å². The predicted molar refractivity (Wildman–Crippen MR) is 63.3 cm³/mol. The predicted octanol–water partition coefficient (Wildman–Crippen LogP) is 2.17. The highest BCUT2D eigenvalue weighted by molar-refractivity contribution is 7.92. The van der Waals surface area contributed by atoms with E-state index in [9.17, 15) is 13.2 Å². The SMILES string of the molecule is CC(=O)CS(=O)(=O)c1ccc(C(C)C)cc1. The van der Waals surface area contributed by atoms with Gasteiger partial charge in [-0.1, -0.05) is 26.0 Å². The monoisotopic (exact) mass is 240 g/mol. The van der Waals surface area contributed by atoms with Crippen LogP contribution in [0.2, 0.25) is 0 Å². The molecule has 3 nitrogen and oxygen atoms in total. The van der Waals surface area contributed by atoms with Crippen molar-refractivity contribution in [2.45, 2.75) is 31.6 Å². The number of rotatable bonds is 4. The van der Waals surface area contributed by atoms with E-state index in [0.29, 0.717) is 5.92 Å². The molecular formula is C12H16O3S. The molecule has 1 rings (SSSR count). The van der Waals surface area contributed by atoms with Crippen molar-refractivity contribution in [1.29, 1.82) is 0 Å². The Morgan fingerprint density at radius 1 is 1.19 bits per heavy atom. The summed E-state index contributed by atoms with van der Waals surface area (Å²) in [7, 11) is -3.45. The molecule has 0 spiro atoms. The highest BCUT2D eigenvalue weighted by Crippen LogP contribution is 2.18. The van der Waals surface area contributed by atoms with E-state index in [1.165, 1.54) is 6.92 Å². The lowest BCUT2D eigenvalue weighted by molar-refractivity contribution is -0.114. The second-order valence-corrected chi connectivity index (χ2v) is 6.17. The Kier molecular flexibility index (Phi) is 3.86.